The third-order valence-corrected chi connectivity index (χ3v) is 8.43. The molecule has 0 amide bonds. The molecule has 200 valence electrons. The van der Waals surface area contributed by atoms with Crippen molar-refractivity contribution in [2.45, 2.75) is 0 Å². The van der Waals surface area contributed by atoms with Crippen LogP contribution < -0.4 is 4.90 Å². The summed E-state index contributed by atoms with van der Waals surface area (Å²) in [6.07, 6.45) is 1.84. The molecule has 8 aromatic rings. The summed E-state index contributed by atoms with van der Waals surface area (Å²) < 4.78 is 0. The minimum atomic E-state index is 0.694. The molecule has 4 heteroatoms. The molecule has 0 N–H and O–H groups in total. The third-order valence-electron chi connectivity index (χ3n) is 8.43. The van der Waals surface area contributed by atoms with E-state index in [4.69, 9.17) is 15.0 Å². The summed E-state index contributed by atoms with van der Waals surface area (Å²) in [5.41, 5.74) is 10.7. The van der Waals surface area contributed by atoms with Gasteiger partial charge in [-0.2, -0.15) is 0 Å². The Labute approximate surface area is 248 Å². The fourth-order valence-electron chi connectivity index (χ4n) is 6.50. The van der Waals surface area contributed by atoms with E-state index in [1.807, 2.05) is 24.4 Å². The molecule has 1 aliphatic heterocycles. The summed E-state index contributed by atoms with van der Waals surface area (Å²) in [6, 6.07) is 48.9. The van der Waals surface area contributed by atoms with Crippen LogP contribution in [0.25, 0.3) is 66.4 Å². The molecule has 1 aliphatic rings. The van der Waals surface area contributed by atoms with Gasteiger partial charge in [0.1, 0.15) is 0 Å². The van der Waals surface area contributed by atoms with Crippen molar-refractivity contribution in [2.75, 3.05) is 4.90 Å². The SMILES string of the molecule is c1ccc2c(c1)-c1cccc3cccc(c13)N2c1ccc(-c2nc(-c3cccc4cccnc34)c3ccccc3n2)cc1. The smallest absolute Gasteiger partial charge is 0.160 e. The van der Waals surface area contributed by atoms with E-state index in [0.29, 0.717) is 5.82 Å². The van der Waals surface area contributed by atoms with Crippen LogP contribution in [0, 0.1) is 0 Å². The topological polar surface area (TPSA) is 41.9 Å². The zero-order valence-electron chi connectivity index (χ0n) is 23.1. The van der Waals surface area contributed by atoms with Gasteiger partial charge in [0, 0.05) is 44.7 Å². The Morgan fingerprint density at radius 1 is 0.488 bits per heavy atom. The van der Waals surface area contributed by atoms with Gasteiger partial charge >= 0.3 is 0 Å². The normalized spacial score (nSPS) is 12.1. The Hall–Kier alpha value is -5.87. The summed E-state index contributed by atoms with van der Waals surface area (Å²) in [5, 5.41) is 4.62. The van der Waals surface area contributed by atoms with Crippen molar-refractivity contribution in [2.24, 2.45) is 0 Å². The number of para-hydroxylation sites is 3. The van der Waals surface area contributed by atoms with Crippen LogP contribution in [0.4, 0.5) is 17.1 Å². The van der Waals surface area contributed by atoms with E-state index in [0.717, 1.165) is 44.3 Å². The zero-order chi connectivity index (χ0) is 28.3. The lowest BCUT2D eigenvalue weighted by Crippen LogP contribution is -2.14. The lowest BCUT2D eigenvalue weighted by molar-refractivity contribution is 1.22. The van der Waals surface area contributed by atoms with E-state index in [1.165, 1.54) is 33.3 Å². The molecule has 0 saturated heterocycles. The molecule has 43 heavy (non-hydrogen) atoms. The number of pyridine rings is 1. The van der Waals surface area contributed by atoms with Gasteiger partial charge in [-0.25, -0.2) is 9.97 Å². The first-order chi connectivity index (χ1) is 21.3. The van der Waals surface area contributed by atoms with E-state index in [2.05, 4.69) is 126 Å². The summed E-state index contributed by atoms with van der Waals surface area (Å²) >= 11 is 0. The molecule has 4 nitrogen and oxygen atoms in total. The first-order valence-corrected chi connectivity index (χ1v) is 14.5. The molecule has 0 bridgehead atoms. The highest BCUT2D eigenvalue weighted by Crippen LogP contribution is 2.50. The van der Waals surface area contributed by atoms with E-state index in [9.17, 15) is 0 Å². The fourth-order valence-corrected chi connectivity index (χ4v) is 6.50. The van der Waals surface area contributed by atoms with Crippen molar-refractivity contribution >= 4 is 49.6 Å². The van der Waals surface area contributed by atoms with Gasteiger partial charge in [0.15, 0.2) is 5.82 Å². The number of hydrogen-bond acceptors (Lipinski definition) is 4. The highest BCUT2D eigenvalue weighted by atomic mass is 15.2. The van der Waals surface area contributed by atoms with Crippen molar-refractivity contribution in [1.29, 1.82) is 0 Å². The largest absolute Gasteiger partial charge is 0.309 e. The number of benzene rings is 6. The number of aromatic nitrogens is 3. The standard InChI is InChI=1S/C39H24N4/c1-3-17-33-31(14-1)38(32-16-6-11-26-12-8-24-40-37(26)32)42-39(41-33)27-20-22-28(23-21-27)43-34-18-4-2-13-29(34)30-15-5-9-25-10-7-19-35(43)36(25)30/h1-24H. The zero-order valence-corrected chi connectivity index (χ0v) is 23.1. The molecule has 0 fully saturated rings. The van der Waals surface area contributed by atoms with Crippen molar-refractivity contribution in [3.63, 3.8) is 0 Å². The number of hydrogen-bond donors (Lipinski definition) is 0. The fraction of sp³-hybridized carbons (Fsp3) is 0. The number of nitrogens with zero attached hydrogens (tertiary/aromatic N) is 4. The Morgan fingerprint density at radius 2 is 1.19 bits per heavy atom. The van der Waals surface area contributed by atoms with Crippen molar-refractivity contribution in [3.05, 3.63) is 146 Å². The summed E-state index contributed by atoms with van der Waals surface area (Å²) in [5.74, 6) is 0.694. The average molecular weight is 549 g/mol. The molecular formula is C39H24N4. The molecule has 2 aromatic heterocycles. The second-order valence-corrected chi connectivity index (χ2v) is 10.9. The van der Waals surface area contributed by atoms with Gasteiger partial charge in [-0.3, -0.25) is 4.98 Å². The van der Waals surface area contributed by atoms with Gasteiger partial charge in [-0.15, -0.1) is 0 Å². The van der Waals surface area contributed by atoms with Crippen LogP contribution in [0.5, 0.6) is 0 Å². The Morgan fingerprint density at radius 3 is 2.09 bits per heavy atom. The minimum Gasteiger partial charge on any atom is -0.309 e. The van der Waals surface area contributed by atoms with Gasteiger partial charge < -0.3 is 4.90 Å². The number of anilines is 3. The van der Waals surface area contributed by atoms with Crippen molar-refractivity contribution in [3.8, 4) is 33.8 Å². The van der Waals surface area contributed by atoms with Gasteiger partial charge in [0.05, 0.1) is 28.1 Å². The van der Waals surface area contributed by atoms with Gasteiger partial charge in [0.25, 0.3) is 0 Å². The maximum atomic E-state index is 5.17. The molecular weight excluding hydrogens is 524 g/mol. The minimum absolute atomic E-state index is 0.694. The second kappa shape index (κ2) is 9.33. The molecule has 0 unspecified atom stereocenters. The van der Waals surface area contributed by atoms with E-state index in [1.54, 1.807) is 0 Å². The van der Waals surface area contributed by atoms with Crippen LogP contribution in [0.15, 0.2) is 146 Å². The molecule has 0 radical (unpaired) electrons. The monoisotopic (exact) mass is 548 g/mol. The van der Waals surface area contributed by atoms with Gasteiger partial charge in [0.2, 0.25) is 0 Å². The van der Waals surface area contributed by atoms with Crippen molar-refractivity contribution in [1.82, 2.24) is 15.0 Å². The molecule has 3 heterocycles. The lowest BCUT2D eigenvalue weighted by Gasteiger charge is -2.33. The van der Waals surface area contributed by atoms with Crippen LogP contribution in [-0.2, 0) is 0 Å². The van der Waals surface area contributed by atoms with Crippen LogP contribution in [0.2, 0.25) is 0 Å². The van der Waals surface area contributed by atoms with E-state index < -0.39 is 0 Å². The molecule has 0 aliphatic carbocycles. The maximum absolute atomic E-state index is 5.17. The first-order valence-electron chi connectivity index (χ1n) is 14.5. The number of rotatable bonds is 3. The molecule has 6 aromatic carbocycles. The van der Waals surface area contributed by atoms with Crippen molar-refractivity contribution < 1.29 is 0 Å². The summed E-state index contributed by atoms with van der Waals surface area (Å²) in [7, 11) is 0. The summed E-state index contributed by atoms with van der Waals surface area (Å²) in [4.78, 5) is 17.3. The van der Waals surface area contributed by atoms with Crippen LogP contribution in [0.3, 0.4) is 0 Å². The average Bonchev–Trinajstić information content (AvgIpc) is 3.08. The first kappa shape index (κ1) is 23.8. The highest BCUT2D eigenvalue weighted by Gasteiger charge is 2.25. The number of fused-ring (bicyclic) bond motifs is 4. The third kappa shape index (κ3) is 3.67. The van der Waals surface area contributed by atoms with Gasteiger partial charge in [-0.1, -0.05) is 91.0 Å². The Kier molecular flexibility index (Phi) is 5.16. The molecule has 0 saturated carbocycles. The lowest BCUT2D eigenvalue weighted by atomic mass is 9.91. The molecule has 0 atom stereocenters. The summed E-state index contributed by atoms with van der Waals surface area (Å²) in [6.45, 7) is 0. The Bertz CT molecular complexity index is 2350. The molecule has 9 rings (SSSR count). The quantitative estimate of drug-likeness (QED) is 0.220. The van der Waals surface area contributed by atoms with Gasteiger partial charge in [-0.05, 0) is 59.5 Å². The molecule has 0 spiro atoms. The predicted octanol–water partition coefficient (Wildman–Crippen LogP) is 10.1. The van der Waals surface area contributed by atoms with Crippen LogP contribution in [-0.4, -0.2) is 15.0 Å². The van der Waals surface area contributed by atoms with E-state index in [-0.39, 0.29) is 0 Å². The predicted molar refractivity (Wildman–Crippen MR) is 177 cm³/mol. The van der Waals surface area contributed by atoms with E-state index >= 15 is 0 Å². The highest BCUT2D eigenvalue weighted by molar-refractivity contribution is 6.13. The van der Waals surface area contributed by atoms with Crippen LogP contribution >= 0.6 is 0 Å². The van der Waals surface area contributed by atoms with Crippen LogP contribution in [0.1, 0.15) is 0 Å². The maximum Gasteiger partial charge on any atom is 0.160 e. The Balaban J connectivity index is 1.20. The second-order valence-electron chi connectivity index (χ2n) is 10.9.